The van der Waals surface area contributed by atoms with Crippen LogP contribution < -0.4 is 19.3 Å². The Kier molecular flexibility index (Phi) is 12.7. The molecular weight excluding hydrogens is 753 g/mol. The molecule has 0 aromatic heterocycles. The summed E-state index contributed by atoms with van der Waals surface area (Å²) in [7, 11) is 0. The maximum atomic E-state index is 12.3. The summed E-state index contributed by atoms with van der Waals surface area (Å²) in [6.07, 6.45) is 6.50. The van der Waals surface area contributed by atoms with E-state index in [9.17, 15) is 20.2 Å². The Morgan fingerprint density at radius 2 is 0.733 bits per heavy atom. The van der Waals surface area contributed by atoms with E-state index in [2.05, 4.69) is 9.80 Å². The molecule has 10 heteroatoms. The molecule has 0 fully saturated rings. The summed E-state index contributed by atoms with van der Waals surface area (Å²) < 4.78 is 11.3. The molecule has 10 nitrogen and oxygen atoms in total. The first kappa shape index (κ1) is 40.2. The number of nitrogens with zero attached hydrogens (tertiary/aromatic N) is 4. The van der Waals surface area contributed by atoms with Gasteiger partial charge in [-0.3, -0.25) is 20.2 Å². The predicted octanol–water partition coefficient (Wildman–Crippen LogP) is 13.6. The second-order valence-corrected chi connectivity index (χ2v) is 13.5. The van der Waals surface area contributed by atoms with E-state index >= 15 is 0 Å². The van der Waals surface area contributed by atoms with E-state index in [-0.39, 0.29) is 22.5 Å². The number of benzene rings is 7. The second kappa shape index (κ2) is 19.0. The van der Waals surface area contributed by atoms with Crippen LogP contribution in [0.25, 0.3) is 24.3 Å². The predicted molar refractivity (Wildman–Crippen MR) is 242 cm³/mol. The highest BCUT2D eigenvalue weighted by molar-refractivity contribution is 5.84. The molecule has 0 spiro atoms. The van der Waals surface area contributed by atoms with Gasteiger partial charge in [-0.2, -0.15) is 0 Å². The van der Waals surface area contributed by atoms with Crippen molar-refractivity contribution in [2.24, 2.45) is 0 Å². The third-order valence-electron chi connectivity index (χ3n) is 9.62. The molecule has 0 heterocycles. The van der Waals surface area contributed by atoms with E-state index < -0.39 is 9.85 Å². The number of rotatable bonds is 16. The number of ether oxygens (including phenoxy) is 2. The van der Waals surface area contributed by atoms with Crippen LogP contribution in [0.4, 0.5) is 45.5 Å². The van der Waals surface area contributed by atoms with E-state index in [1.807, 2.05) is 172 Å². The number of hydrogen-bond acceptors (Lipinski definition) is 8. The molecule has 0 bridgehead atoms. The summed E-state index contributed by atoms with van der Waals surface area (Å²) in [5.41, 5.74) is 6.88. The van der Waals surface area contributed by atoms with Gasteiger partial charge in [0.2, 0.25) is 0 Å². The Morgan fingerprint density at radius 3 is 1.03 bits per heavy atom. The normalized spacial score (nSPS) is 11.1. The average molecular weight is 795 g/mol. The van der Waals surface area contributed by atoms with E-state index in [4.69, 9.17) is 9.47 Å². The minimum Gasteiger partial charge on any atom is -0.494 e. The lowest BCUT2D eigenvalue weighted by Crippen LogP contribution is -2.09. The maximum Gasteiger partial charge on any atom is 0.277 e. The zero-order valence-electron chi connectivity index (χ0n) is 33.1. The first-order chi connectivity index (χ1) is 29.3. The van der Waals surface area contributed by atoms with Crippen molar-refractivity contribution < 1.29 is 19.3 Å². The zero-order chi connectivity index (χ0) is 41.8. The van der Waals surface area contributed by atoms with Crippen molar-refractivity contribution in [1.29, 1.82) is 0 Å². The standard InChI is InChI=1S/C50H42N4O6/c1-3-59-47-31-27-45(28-32-47)51(41-11-7-5-8-12-41)43-23-17-37(18-24-43)15-21-39-35-50(54(57)58)40(36-49(39)53(55)56)22-16-38-19-25-44(26-20-38)52(42-13-9-6-10-14-42)46-29-33-48(34-30-46)60-4-2/h5-36H,3-4H2,1-2H3/b21-15-,22-16-. The molecule has 0 amide bonds. The summed E-state index contributed by atoms with van der Waals surface area (Å²) >= 11 is 0. The van der Waals surface area contributed by atoms with Crippen LogP contribution in [-0.2, 0) is 0 Å². The molecule has 7 aromatic carbocycles. The highest BCUT2D eigenvalue weighted by atomic mass is 16.6. The zero-order valence-corrected chi connectivity index (χ0v) is 33.1. The first-order valence-corrected chi connectivity index (χ1v) is 19.5. The highest BCUT2D eigenvalue weighted by Gasteiger charge is 2.22. The minimum atomic E-state index is -0.522. The molecule has 7 aromatic rings. The second-order valence-electron chi connectivity index (χ2n) is 13.5. The van der Waals surface area contributed by atoms with Crippen LogP contribution in [0.3, 0.4) is 0 Å². The topological polar surface area (TPSA) is 111 Å². The number of para-hydroxylation sites is 2. The molecule has 0 radical (unpaired) electrons. The molecule has 0 atom stereocenters. The quantitative estimate of drug-likeness (QED) is 0.0540. The fourth-order valence-electron chi connectivity index (χ4n) is 6.80. The van der Waals surface area contributed by atoms with Crippen molar-refractivity contribution in [3.8, 4) is 11.5 Å². The van der Waals surface area contributed by atoms with Crippen molar-refractivity contribution in [1.82, 2.24) is 0 Å². The molecular formula is C50H42N4O6. The van der Waals surface area contributed by atoms with Crippen molar-refractivity contribution in [2.75, 3.05) is 23.0 Å². The highest BCUT2D eigenvalue weighted by Crippen LogP contribution is 2.38. The Bertz CT molecular complexity index is 2410. The molecule has 0 saturated carbocycles. The van der Waals surface area contributed by atoms with Crippen molar-refractivity contribution in [2.45, 2.75) is 13.8 Å². The van der Waals surface area contributed by atoms with Gasteiger partial charge in [0.25, 0.3) is 11.4 Å². The Balaban J connectivity index is 1.13. The lowest BCUT2D eigenvalue weighted by Gasteiger charge is -2.25. The van der Waals surface area contributed by atoms with Crippen LogP contribution in [0, 0.1) is 20.2 Å². The number of hydrogen-bond donors (Lipinski definition) is 0. The average Bonchev–Trinajstić information content (AvgIpc) is 3.28. The van der Waals surface area contributed by atoms with Gasteiger partial charge < -0.3 is 19.3 Å². The van der Waals surface area contributed by atoms with Crippen molar-refractivity contribution in [3.05, 3.63) is 212 Å². The maximum absolute atomic E-state index is 12.3. The largest absolute Gasteiger partial charge is 0.494 e. The van der Waals surface area contributed by atoms with Crippen LogP contribution >= 0.6 is 0 Å². The lowest BCUT2D eigenvalue weighted by atomic mass is 10.0. The SMILES string of the molecule is CCOc1ccc(N(c2ccccc2)c2ccc(/C=C\c3cc([N+](=O)[O-])c(/C=C\c4ccc(N(c5ccccc5)c5ccc(OCC)cc5)cc4)cc3[N+](=O)[O-])cc2)cc1. The summed E-state index contributed by atoms with van der Waals surface area (Å²) in [5.74, 6) is 1.57. The van der Waals surface area contributed by atoms with Gasteiger partial charge in [-0.25, -0.2) is 0 Å². The summed E-state index contributed by atoms with van der Waals surface area (Å²) in [5, 5.41) is 24.7. The van der Waals surface area contributed by atoms with Crippen molar-refractivity contribution in [3.63, 3.8) is 0 Å². The molecule has 0 aliphatic carbocycles. The smallest absolute Gasteiger partial charge is 0.277 e. The van der Waals surface area contributed by atoms with Crippen LogP contribution in [0.5, 0.6) is 11.5 Å². The summed E-state index contributed by atoms with van der Waals surface area (Å²) in [6.45, 7) is 5.04. The molecule has 298 valence electrons. The summed E-state index contributed by atoms with van der Waals surface area (Å²) in [6, 6.07) is 53.6. The van der Waals surface area contributed by atoms with E-state index in [1.165, 1.54) is 24.3 Å². The van der Waals surface area contributed by atoms with Crippen molar-refractivity contribution >= 4 is 69.8 Å². The molecule has 0 aliphatic rings. The van der Waals surface area contributed by atoms with Crippen LogP contribution in [0.15, 0.2) is 170 Å². The van der Waals surface area contributed by atoms with Gasteiger partial charge in [-0.1, -0.05) is 72.8 Å². The lowest BCUT2D eigenvalue weighted by molar-refractivity contribution is -0.389. The molecule has 7 rings (SSSR count). The van der Waals surface area contributed by atoms with Gasteiger partial charge in [0.15, 0.2) is 0 Å². The fourth-order valence-corrected chi connectivity index (χ4v) is 6.80. The minimum absolute atomic E-state index is 0.118. The first-order valence-electron chi connectivity index (χ1n) is 19.5. The Labute approximate surface area is 348 Å². The monoisotopic (exact) mass is 794 g/mol. The third kappa shape index (κ3) is 9.58. The molecule has 0 unspecified atom stereocenters. The molecule has 0 N–H and O–H groups in total. The number of nitro benzene ring substituents is 2. The van der Waals surface area contributed by atoms with Crippen LogP contribution in [0.1, 0.15) is 36.1 Å². The van der Waals surface area contributed by atoms with Crippen LogP contribution in [-0.4, -0.2) is 23.1 Å². The Hall–Kier alpha value is -7.98. The van der Waals surface area contributed by atoms with Crippen LogP contribution in [0.2, 0.25) is 0 Å². The Morgan fingerprint density at radius 1 is 0.433 bits per heavy atom. The van der Waals surface area contributed by atoms with E-state index in [0.717, 1.165) is 56.8 Å². The number of nitro groups is 2. The van der Waals surface area contributed by atoms with E-state index in [0.29, 0.717) is 13.2 Å². The fraction of sp³-hybridized carbons (Fsp3) is 0.0800. The number of anilines is 6. The molecule has 60 heavy (non-hydrogen) atoms. The molecule has 0 aliphatic heterocycles. The van der Waals surface area contributed by atoms with Gasteiger partial charge in [0.1, 0.15) is 11.5 Å². The van der Waals surface area contributed by atoms with Gasteiger partial charge in [0, 0.05) is 46.3 Å². The van der Waals surface area contributed by atoms with Gasteiger partial charge in [0.05, 0.1) is 34.2 Å². The molecule has 0 saturated heterocycles. The van der Waals surface area contributed by atoms with E-state index in [1.54, 1.807) is 12.2 Å². The van der Waals surface area contributed by atoms with Gasteiger partial charge >= 0.3 is 0 Å². The van der Waals surface area contributed by atoms with Gasteiger partial charge in [-0.05, 0) is 134 Å². The van der Waals surface area contributed by atoms with Gasteiger partial charge in [-0.15, -0.1) is 0 Å². The third-order valence-corrected chi connectivity index (χ3v) is 9.62. The summed E-state index contributed by atoms with van der Waals surface area (Å²) in [4.78, 5) is 27.8.